The first-order chi connectivity index (χ1) is 8.33. The zero-order chi connectivity index (χ0) is 11.7. The summed E-state index contributed by atoms with van der Waals surface area (Å²) in [6.45, 7) is 0. The highest BCUT2D eigenvalue weighted by molar-refractivity contribution is 7.09. The molecule has 1 atom stereocenters. The molecular weight excluding hydrogens is 232 g/mol. The largest absolute Gasteiger partial charge is 0.371 e. The number of nitrogens with one attached hydrogen (secondary N) is 2. The third-order valence-electron chi connectivity index (χ3n) is 2.85. The maximum Gasteiger partial charge on any atom is 0.247 e. The lowest BCUT2D eigenvalue weighted by Gasteiger charge is -2.24. The van der Waals surface area contributed by atoms with Crippen LogP contribution in [0.25, 0.3) is 0 Å². The summed E-state index contributed by atoms with van der Waals surface area (Å²) >= 11 is 1.59. The topological polar surface area (TPSA) is 41.1 Å². The molecule has 0 bridgehead atoms. The molecule has 0 fully saturated rings. The Balaban J connectivity index is 1.79. The number of carbonyl (C=O) groups is 1. The van der Waals surface area contributed by atoms with E-state index in [0.717, 1.165) is 11.4 Å². The number of hydrogen-bond donors (Lipinski definition) is 2. The quantitative estimate of drug-likeness (QED) is 0.852. The Morgan fingerprint density at radius 1 is 1.12 bits per heavy atom. The van der Waals surface area contributed by atoms with Crippen molar-refractivity contribution in [1.82, 2.24) is 0 Å². The van der Waals surface area contributed by atoms with Gasteiger partial charge in [0.05, 0.1) is 11.4 Å². The molecule has 1 aliphatic rings. The van der Waals surface area contributed by atoms with E-state index in [-0.39, 0.29) is 11.9 Å². The van der Waals surface area contributed by atoms with Crippen LogP contribution in [0.2, 0.25) is 0 Å². The predicted octanol–water partition coefficient (Wildman–Crippen LogP) is 2.72. The molecule has 0 spiro atoms. The number of thiophene rings is 1. The first-order valence-corrected chi connectivity index (χ1v) is 6.45. The van der Waals surface area contributed by atoms with Crippen molar-refractivity contribution in [2.75, 3.05) is 10.6 Å². The molecule has 0 unspecified atom stereocenters. The lowest BCUT2D eigenvalue weighted by molar-refractivity contribution is -0.117. The van der Waals surface area contributed by atoms with E-state index in [1.54, 1.807) is 11.3 Å². The van der Waals surface area contributed by atoms with E-state index in [9.17, 15) is 4.79 Å². The third-order valence-corrected chi connectivity index (χ3v) is 3.59. The monoisotopic (exact) mass is 244 g/mol. The van der Waals surface area contributed by atoms with E-state index in [1.165, 1.54) is 5.56 Å². The van der Waals surface area contributed by atoms with Gasteiger partial charge in [-0.25, -0.2) is 0 Å². The zero-order valence-electron chi connectivity index (χ0n) is 9.14. The van der Waals surface area contributed by atoms with Gasteiger partial charge in [0, 0.05) is 17.2 Å². The molecule has 0 radical (unpaired) electrons. The van der Waals surface area contributed by atoms with Gasteiger partial charge < -0.3 is 10.6 Å². The highest BCUT2D eigenvalue weighted by atomic mass is 32.1. The van der Waals surface area contributed by atoms with E-state index >= 15 is 0 Å². The molecule has 4 heteroatoms. The lowest BCUT2D eigenvalue weighted by Crippen LogP contribution is -2.39. The minimum Gasteiger partial charge on any atom is -0.371 e. The highest BCUT2D eigenvalue weighted by Gasteiger charge is 2.25. The van der Waals surface area contributed by atoms with Crippen LogP contribution in [0.4, 0.5) is 11.4 Å². The third kappa shape index (κ3) is 2.03. The van der Waals surface area contributed by atoms with Gasteiger partial charge >= 0.3 is 0 Å². The molecule has 86 valence electrons. The second kappa shape index (κ2) is 4.22. The minimum absolute atomic E-state index is 0.0414. The molecule has 0 aliphatic carbocycles. The van der Waals surface area contributed by atoms with Gasteiger partial charge in [-0.15, -0.1) is 11.3 Å². The van der Waals surface area contributed by atoms with Gasteiger partial charge in [0.25, 0.3) is 0 Å². The van der Waals surface area contributed by atoms with Crippen molar-refractivity contribution in [1.29, 1.82) is 0 Å². The summed E-state index contributed by atoms with van der Waals surface area (Å²) in [5.41, 5.74) is 3.08. The number of rotatable bonds is 2. The number of amides is 1. The average molecular weight is 244 g/mol. The molecule has 2 aromatic rings. The molecule has 17 heavy (non-hydrogen) atoms. The Morgan fingerprint density at radius 3 is 2.71 bits per heavy atom. The van der Waals surface area contributed by atoms with Crippen LogP contribution < -0.4 is 10.6 Å². The van der Waals surface area contributed by atoms with Crippen molar-refractivity contribution >= 4 is 28.6 Å². The van der Waals surface area contributed by atoms with Gasteiger partial charge in [-0.3, -0.25) is 4.79 Å². The van der Waals surface area contributed by atoms with E-state index < -0.39 is 0 Å². The fraction of sp³-hybridized carbons (Fsp3) is 0.154. The fourth-order valence-electron chi connectivity index (χ4n) is 1.97. The Morgan fingerprint density at radius 2 is 1.88 bits per heavy atom. The number of anilines is 2. The van der Waals surface area contributed by atoms with Gasteiger partial charge in [-0.1, -0.05) is 30.3 Å². The van der Waals surface area contributed by atoms with Crippen LogP contribution in [0.15, 0.2) is 41.1 Å². The summed E-state index contributed by atoms with van der Waals surface area (Å²) in [6.07, 6.45) is 0.710. The van der Waals surface area contributed by atoms with Gasteiger partial charge in [-0.2, -0.15) is 0 Å². The van der Waals surface area contributed by atoms with Crippen molar-refractivity contribution in [3.63, 3.8) is 0 Å². The molecule has 2 heterocycles. The van der Waals surface area contributed by atoms with Gasteiger partial charge in [0.15, 0.2) is 0 Å². The summed E-state index contributed by atoms with van der Waals surface area (Å²) in [5, 5.41) is 10.2. The average Bonchev–Trinajstić information content (AvgIpc) is 2.78. The first-order valence-electron chi connectivity index (χ1n) is 5.50. The van der Waals surface area contributed by atoms with E-state index in [4.69, 9.17) is 0 Å². The maximum atomic E-state index is 11.9. The number of fused-ring (bicyclic) bond motifs is 1. The summed E-state index contributed by atoms with van der Waals surface area (Å²) in [6, 6.07) is 9.86. The maximum absolute atomic E-state index is 11.9. The fourth-order valence-corrected chi connectivity index (χ4v) is 2.69. The van der Waals surface area contributed by atoms with Crippen LogP contribution in [0.5, 0.6) is 0 Å². The Bertz CT molecular complexity index is 535. The zero-order valence-corrected chi connectivity index (χ0v) is 9.96. The van der Waals surface area contributed by atoms with Crippen LogP contribution in [-0.2, 0) is 11.2 Å². The normalized spacial score (nSPS) is 18.1. The summed E-state index contributed by atoms with van der Waals surface area (Å²) < 4.78 is 0. The molecular formula is C13H12N2OS. The lowest BCUT2D eigenvalue weighted by atomic mass is 10.0. The van der Waals surface area contributed by atoms with Crippen molar-refractivity contribution in [2.24, 2.45) is 0 Å². The van der Waals surface area contributed by atoms with Crippen LogP contribution in [-0.4, -0.2) is 11.9 Å². The SMILES string of the molecule is O=C1Nc2cscc2N[C@H]1Cc1ccccc1. The van der Waals surface area contributed by atoms with Crippen LogP contribution in [0.1, 0.15) is 5.56 Å². The van der Waals surface area contributed by atoms with Crippen LogP contribution in [0.3, 0.4) is 0 Å². The molecule has 3 nitrogen and oxygen atoms in total. The Kier molecular flexibility index (Phi) is 2.57. The molecule has 1 aliphatic heterocycles. The molecule has 1 amide bonds. The van der Waals surface area contributed by atoms with Gasteiger partial charge in [-0.05, 0) is 5.56 Å². The van der Waals surface area contributed by atoms with E-state index in [2.05, 4.69) is 10.6 Å². The van der Waals surface area contributed by atoms with Crippen molar-refractivity contribution in [3.8, 4) is 0 Å². The first kappa shape index (κ1) is 10.4. The Hall–Kier alpha value is -1.81. The van der Waals surface area contributed by atoms with E-state index in [1.807, 2.05) is 41.1 Å². The molecule has 0 saturated carbocycles. The number of benzene rings is 1. The molecule has 3 rings (SSSR count). The summed E-state index contributed by atoms with van der Waals surface area (Å²) in [4.78, 5) is 11.9. The van der Waals surface area contributed by atoms with Crippen molar-refractivity contribution in [2.45, 2.75) is 12.5 Å². The molecule has 2 N–H and O–H groups in total. The second-order valence-corrected chi connectivity index (χ2v) is 4.82. The number of carbonyl (C=O) groups excluding carboxylic acids is 1. The summed E-state index contributed by atoms with van der Waals surface area (Å²) in [7, 11) is 0. The van der Waals surface area contributed by atoms with Gasteiger partial charge in [0.1, 0.15) is 6.04 Å². The molecule has 0 saturated heterocycles. The number of hydrogen-bond acceptors (Lipinski definition) is 3. The standard InChI is InChI=1S/C13H12N2OS/c16-13-10(6-9-4-2-1-3-5-9)14-11-7-17-8-12(11)15-13/h1-5,7-8,10,14H,6H2,(H,15,16)/t10-/m0/s1. The smallest absolute Gasteiger partial charge is 0.247 e. The molecule has 1 aromatic heterocycles. The Labute approximate surface area is 103 Å². The molecule has 1 aromatic carbocycles. The van der Waals surface area contributed by atoms with Gasteiger partial charge in [0.2, 0.25) is 5.91 Å². The van der Waals surface area contributed by atoms with Crippen molar-refractivity contribution in [3.05, 3.63) is 46.7 Å². The summed E-state index contributed by atoms with van der Waals surface area (Å²) in [5.74, 6) is 0.0414. The van der Waals surface area contributed by atoms with Crippen LogP contribution in [0, 0.1) is 0 Å². The second-order valence-electron chi connectivity index (χ2n) is 4.08. The van der Waals surface area contributed by atoms with Crippen LogP contribution >= 0.6 is 11.3 Å². The minimum atomic E-state index is -0.181. The van der Waals surface area contributed by atoms with Crippen molar-refractivity contribution < 1.29 is 4.79 Å². The predicted molar refractivity (Wildman–Crippen MR) is 70.5 cm³/mol. The van der Waals surface area contributed by atoms with E-state index in [0.29, 0.717) is 6.42 Å². The highest BCUT2D eigenvalue weighted by Crippen LogP contribution is 2.31.